The SMILES string of the molecule is Cn1ccnc1C(=O)c1ccc(Oc2ccc(C#N)cc2F)c([N+](=O)[O-])c1. The molecule has 0 aliphatic rings. The van der Waals surface area contributed by atoms with Gasteiger partial charge in [-0.3, -0.25) is 14.9 Å². The number of aryl methyl sites for hydroxylation is 1. The molecule has 0 atom stereocenters. The minimum Gasteiger partial charge on any atom is -0.447 e. The van der Waals surface area contributed by atoms with E-state index in [2.05, 4.69) is 4.98 Å². The van der Waals surface area contributed by atoms with Crippen LogP contribution in [0.3, 0.4) is 0 Å². The van der Waals surface area contributed by atoms with Crippen LogP contribution in [-0.4, -0.2) is 20.3 Å². The molecule has 3 aromatic rings. The first-order chi connectivity index (χ1) is 12.9. The monoisotopic (exact) mass is 366 g/mol. The summed E-state index contributed by atoms with van der Waals surface area (Å²) in [5.74, 6) is -1.73. The molecular weight excluding hydrogens is 355 g/mol. The Kier molecular flexibility index (Phi) is 4.64. The molecule has 0 radical (unpaired) electrons. The maximum absolute atomic E-state index is 14.0. The third kappa shape index (κ3) is 3.50. The van der Waals surface area contributed by atoms with Crippen molar-refractivity contribution in [3.63, 3.8) is 0 Å². The number of imidazole rings is 1. The second-order valence-electron chi connectivity index (χ2n) is 5.49. The molecule has 27 heavy (non-hydrogen) atoms. The van der Waals surface area contributed by atoms with Gasteiger partial charge in [0, 0.05) is 31.1 Å². The number of nitriles is 1. The molecule has 0 saturated heterocycles. The molecule has 0 saturated carbocycles. The average molecular weight is 366 g/mol. The lowest BCUT2D eigenvalue weighted by molar-refractivity contribution is -0.385. The summed E-state index contributed by atoms with van der Waals surface area (Å²) < 4.78 is 20.8. The van der Waals surface area contributed by atoms with Crippen molar-refractivity contribution >= 4 is 11.5 Å². The molecule has 1 heterocycles. The number of hydrogen-bond donors (Lipinski definition) is 0. The second kappa shape index (κ2) is 7.05. The normalized spacial score (nSPS) is 10.3. The van der Waals surface area contributed by atoms with E-state index in [1.165, 1.54) is 35.0 Å². The fourth-order valence-electron chi connectivity index (χ4n) is 2.37. The highest BCUT2D eigenvalue weighted by molar-refractivity contribution is 6.07. The Balaban J connectivity index is 1.98. The van der Waals surface area contributed by atoms with Crippen LogP contribution >= 0.6 is 0 Å². The first-order valence-corrected chi connectivity index (χ1v) is 7.58. The van der Waals surface area contributed by atoms with Gasteiger partial charge in [-0.1, -0.05) is 0 Å². The molecule has 2 aromatic carbocycles. The number of hydrogen-bond acceptors (Lipinski definition) is 6. The summed E-state index contributed by atoms with van der Waals surface area (Å²) in [4.78, 5) is 27.0. The smallest absolute Gasteiger partial charge is 0.312 e. The molecular formula is C18H11FN4O4. The van der Waals surface area contributed by atoms with Crippen LogP contribution in [0, 0.1) is 27.3 Å². The van der Waals surface area contributed by atoms with Crippen LogP contribution in [0.15, 0.2) is 48.8 Å². The quantitative estimate of drug-likeness (QED) is 0.389. The van der Waals surface area contributed by atoms with Crippen LogP contribution in [-0.2, 0) is 7.05 Å². The number of ketones is 1. The topological polar surface area (TPSA) is 111 Å². The summed E-state index contributed by atoms with van der Waals surface area (Å²) in [6, 6.07) is 8.86. The Morgan fingerprint density at radius 1 is 1.30 bits per heavy atom. The predicted molar refractivity (Wildman–Crippen MR) is 90.9 cm³/mol. The van der Waals surface area contributed by atoms with E-state index in [0.717, 1.165) is 12.1 Å². The van der Waals surface area contributed by atoms with E-state index in [4.69, 9.17) is 10.00 Å². The molecule has 3 rings (SSSR count). The highest BCUT2D eigenvalue weighted by atomic mass is 19.1. The van der Waals surface area contributed by atoms with Gasteiger partial charge in [0.2, 0.25) is 11.5 Å². The highest BCUT2D eigenvalue weighted by Gasteiger charge is 2.22. The first-order valence-electron chi connectivity index (χ1n) is 7.58. The number of rotatable bonds is 5. The fraction of sp³-hybridized carbons (Fsp3) is 0.0556. The molecule has 0 amide bonds. The molecule has 8 nitrogen and oxygen atoms in total. The van der Waals surface area contributed by atoms with Gasteiger partial charge in [0.15, 0.2) is 17.4 Å². The number of carbonyl (C=O) groups is 1. The molecule has 9 heteroatoms. The van der Waals surface area contributed by atoms with Crippen molar-refractivity contribution in [1.82, 2.24) is 9.55 Å². The Morgan fingerprint density at radius 3 is 2.63 bits per heavy atom. The molecule has 0 bridgehead atoms. The molecule has 1 aromatic heterocycles. The minimum atomic E-state index is -0.837. The van der Waals surface area contributed by atoms with Gasteiger partial charge in [-0.2, -0.15) is 5.26 Å². The van der Waals surface area contributed by atoms with Crippen molar-refractivity contribution < 1.29 is 18.8 Å². The lowest BCUT2D eigenvalue weighted by Crippen LogP contribution is -2.09. The molecule has 0 unspecified atom stereocenters. The molecule has 134 valence electrons. The predicted octanol–water partition coefficient (Wildman–Crippen LogP) is 3.36. The number of nitrogens with zero attached hydrogens (tertiary/aromatic N) is 4. The van der Waals surface area contributed by atoms with Gasteiger partial charge in [-0.25, -0.2) is 9.37 Å². The summed E-state index contributed by atoms with van der Waals surface area (Å²) >= 11 is 0. The zero-order chi connectivity index (χ0) is 19.6. The lowest BCUT2D eigenvalue weighted by atomic mass is 10.1. The van der Waals surface area contributed by atoms with Crippen LogP contribution in [0.4, 0.5) is 10.1 Å². The Morgan fingerprint density at radius 2 is 2.04 bits per heavy atom. The largest absolute Gasteiger partial charge is 0.447 e. The van der Waals surface area contributed by atoms with Crippen molar-refractivity contribution in [3.05, 3.63) is 81.7 Å². The van der Waals surface area contributed by atoms with Crippen molar-refractivity contribution in [2.45, 2.75) is 0 Å². The molecule has 0 N–H and O–H groups in total. The molecule has 0 spiro atoms. The summed E-state index contributed by atoms with van der Waals surface area (Å²) in [5, 5.41) is 20.1. The zero-order valence-corrected chi connectivity index (χ0v) is 13.9. The van der Waals surface area contributed by atoms with Gasteiger partial charge < -0.3 is 9.30 Å². The van der Waals surface area contributed by atoms with Crippen molar-refractivity contribution in [1.29, 1.82) is 5.26 Å². The Labute approximate surface area is 152 Å². The molecule has 0 fully saturated rings. The number of halogens is 1. The summed E-state index contributed by atoms with van der Waals surface area (Å²) in [7, 11) is 1.62. The summed E-state index contributed by atoms with van der Waals surface area (Å²) in [6.45, 7) is 0. The number of ether oxygens (including phenoxy) is 1. The van der Waals surface area contributed by atoms with Gasteiger partial charge in [0.1, 0.15) is 0 Å². The van der Waals surface area contributed by atoms with Gasteiger partial charge >= 0.3 is 5.69 Å². The number of nitro groups is 1. The van der Waals surface area contributed by atoms with Gasteiger partial charge in [-0.05, 0) is 30.3 Å². The molecule has 0 aliphatic heterocycles. The third-order valence-corrected chi connectivity index (χ3v) is 3.72. The third-order valence-electron chi connectivity index (χ3n) is 3.72. The maximum Gasteiger partial charge on any atom is 0.312 e. The zero-order valence-electron chi connectivity index (χ0n) is 13.9. The van der Waals surface area contributed by atoms with Crippen molar-refractivity contribution in [3.8, 4) is 17.6 Å². The minimum absolute atomic E-state index is 0.0450. The van der Waals surface area contributed by atoms with E-state index in [-0.39, 0.29) is 28.5 Å². The van der Waals surface area contributed by atoms with Gasteiger partial charge in [0.05, 0.1) is 16.6 Å². The second-order valence-corrected chi connectivity index (χ2v) is 5.49. The highest BCUT2D eigenvalue weighted by Crippen LogP contribution is 2.34. The molecule has 0 aliphatic carbocycles. The number of nitro benzene ring substituents is 1. The van der Waals surface area contributed by atoms with E-state index in [1.54, 1.807) is 19.3 Å². The van der Waals surface area contributed by atoms with E-state index in [9.17, 15) is 19.3 Å². The summed E-state index contributed by atoms with van der Waals surface area (Å²) in [6.07, 6.45) is 3.01. The van der Waals surface area contributed by atoms with Crippen molar-refractivity contribution in [2.24, 2.45) is 7.05 Å². The van der Waals surface area contributed by atoms with Crippen LogP contribution in [0.5, 0.6) is 11.5 Å². The average Bonchev–Trinajstić information content (AvgIpc) is 3.08. The van der Waals surface area contributed by atoms with Crippen molar-refractivity contribution in [2.75, 3.05) is 0 Å². The van der Waals surface area contributed by atoms with Crippen LogP contribution in [0.25, 0.3) is 0 Å². The Bertz CT molecular complexity index is 1100. The standard InChI is InChI=1S/C18H11FN4O4/c1-22-7-6-21-18(22)17(24)12-3-5-16(14(9-12)23(25)26)27-15-4-2-11(10-20)8-13(15)19/h2-9H,1H3. The van der Waals surface area contributed by atoms with Crippen LogP contribution in [0.1, 0.15) is 21.7 Å². The van der Waals surface area contributed by atoms with E-state index < -0.39 is 22.2 Å². The fourth-order valence-corrected chi connectivity index (χ4v) is 2.37. The maximum atomic E-state index is 14.0. The van der Waals surface area contributed by atoms with E-state index >= 15 is 0 Å². The van der Waals surface area contributed by atoms with Gasteiger partial charge in [0.25, 0.3) is 0 Å². The number of carbonyl (C=O) groups excluding carboxylic acids is 1. The first kappa shape index (κ1) is 17.8. The number of benzene rings is 2. The van der Waals surface area contributed by atoms with E-state index in [1.807, 2.05) is 0 Å². The van der Waals surface area contributed by atoms with Crippen LogP contribution < -0.4 is 4.74 Å². The summed E-state index contributed by atoms with van der Waals surface area (Å²) in [5.41, 5.74) is -0.368. The Hall–Kier alpha value is -4.06. The van der Waals surface area contributed by atoms with Crippen LogP contribution in [0.2, 0.25) is 0 Å². The lowest BCUT2D eigenvalue weighted by Gasteiger charge is -2.09. The number of aromatic nitrogens is 2. The van der Waals surface area contributed by atoms with E-state index in [0.29, 0.717) is 0 Å². The van der Waals surface area contributed by atoms with Gasteiger partial charge in [-0.15, -0.1) is 0 Å².